The smallest absolute Gasteiger partial charge is 0.171 e. The van der Waals surface area contributed by atoms with E-state index in [1.807, 2.05) is 12.1 Å². The molecule has 0 spiro atoms. The van der Waals surface area contributed by atoms with Crippen LogP contribution in [0, 0.1) is 5.92 Å². The van der Waals surface area contributed by atoms with E-state index in [2.05, 4.69) is 0 Å². The van der Waals surface area contributed by atoms with Crippen molar-refractivity contribution in [2.75, 3.05) is 46.1 Å². The molecule has 1 atom stereocenters. The molecule has 2 heterocycles. The summed E-state index contributed by atoms with van der Waals surface area (Å²) in [7, 11) is 0. The summed E-state index contributed by atoms with van der Waals surface area (Å²) in [4.78, 5) is 14.3. The molecule has 5 heteroatoms. The molecule has 5 nitrogen and oxygen atoms in total. The van der Waals surface area contributed by atoms with Gasteiger partial charge in [-0.05, 0) is 30.5 Å². The first-order valence-electron chi connectivity index (χ1n) is 8.19. The number of hydrogen-bond donors (Lipinski definition) is 1. The number of carbonyl (C=O) groups excluding carboxylic acids is 1. The van der Waals surface area contributed by atoms with Crippen LogP contribution in [0.3, 0.4) is 0 Å². The molecule has 0 bridgehead atoms. The summed E-state index contributed by atoms with van der Waals surface area (Å²) < 4.78 is 16.6. The highest BCUT2D eigenvalue weighted by Gasteiger charge is 2.32. The second-order valence-corrected chi connectivity index (χ2v) is 6.32. The number of ether oxygens (including phenoxy) is 3. The van der Waals surface area contributed by atoms with Crippen molar-refractivity contribution in [2.24, 2.45) is 5.92 Å². The number of hydrogen-bond acceptors (Lipinski definition) is 4. The Bertz CT molecular complexity index is 580. The largest absolute Gasteiger partial charge is 0.486 e. The van der Waals surface area contributed by atoms with Crippen LogP contribution in [-0.2, 0) is 11.2 Å². The van der Waals surface area contributed by atoms with Gasteiger partial charge in [-0.15, -0.1) is 0 Å². The number of Topliss-reactive ketones (excluding diaryl/α,β-unsaturated/α-hetero) is 1. The van der Waals surface area contributed by atoms with Crippen LogP contribution in [0.15, 0.2) is 12.1 Å². The molecule has 118 valence electrons. The maximum Gasteiger partial charge on any atom is 0.171 e. The van der Waals surface area contributed by atoms with E-state index >= 15 is 0 Å². The van der Waals surface area contributed by atoms with Crippen LogP contribution in [0.5, 0.6) is 11.5 Å². The van der Waals surface area contributed by atoms with E-state index in [1.54, 1.807) is 0 Å². The molecule has 1 fully saturated rings. The maximum absolute atomic E-state index is 12.8. The average molecular weight is 304 g/mol. The number of morpholine rings is 1. The van der Waals surface area contributed by atoms with Crippen molar-refractivity contribution in [3.05, 3.63) is 23.3 Å². The molecule has 0 amide bonds. The fourth-order valence-corrected chi connectivity index (χ4v) is 3.66. The summed E-state index contributed by atoms with van der Waals surface area (Å²) in [5, 5.41) is 0. The van der Waals surface area contributed by atoms with Crippen LogP contribution >= 0.6 is 0 Å². The molecule has 4 rings (SSSR count). The fourth-order valence-electron chi connectivity index (χ4n) is 3.66. The Labute approximate surface area is 130 Å². The zero-order chi connectivity index (χ0) is 14.9. The summed E-state index contributed by atoms with van der Waals surface area (Å²) in [6.45, 7) is 5.72. The van der Waals surface area contributed by atoms with Gasteiger partial charge in [-0.1, -0.05) is 0 Å². The minimum Gasteiger partial charge on any atom is -0.486 e. The maximum atomic E-state index is 12.8. The van der Waals surface area contributed by atoms with Crippen molar-refractivity contribution in [1.82, 2.24) is 0 Å². The minimum atomic E-state index is 0.128. The third-order valence-corrected chi connectivity index (χ3v) is 4.90. The van der Waals surface area contributed by atoms with Gasteiger partial charge in [0.1, 0.15) is 26.3 Å². The highest BCUT2D eigenvalue weighted by atomic mass is 16.6. The zero-order valence-electron chi connectivity index (χ0n) is 12.7. The molecule has 1 N–H and O–H groups in total. The van der Waals surface area contributed by atoms with E-state index in [-0.39, 0.29) is 11.7 Å². The third kappa shape index (κ3) is 2.59. The number of carbonyl (C=O) groups is 1. The minimum absolute atomic E-state index is 0.128. The molecule has 3 aliphatic rings. The van der Waals surface area contributed by atoms with Gasteiger partial charge >= 0.3 is 0 Å². The van der Waals surface area contributed by atoms with Gasteiger partial charge in [0, 0.05) is 5.56 Å². The van der Waals surface area contributed by atoms with Crippen LogP contribution in [0.25, 0.3) is 0 Å². The molecule has 1 aliphatic carbocycles. The van der Waals surface area contributed by atoms with E-state index in [4.69, 9.17) is 14.2 Å². The van der Waals surface area contributed by atoms with Crippen molar-refractivity contribution >= 4 is 5.78 Å². The first-order chi connectivity index (χ1) is 10.8. The summed E-state index contributed by atoms with van der Waals surface area (Å²) in [5.74, 6) is 1.91. The lowest BCUT2D eigenvalue weighted by atomic mass is 9.82. The summed E-state index contributed by atoms with van der Waals surface area (Å²) in [6, 6.07) is 3.90. The average Bonchev–Trinajstić information content (AvgIpc) is 2.57. The Kier molecular flexibility index (Phi) is 3.76. The van der Waals surface area contributed by atoms with Crippen LogP contribution < -0.4 is 14.4 Å². The molecule has 1 saturated heterocycles. The van der Waals surface area contributed by atoms with Crippen molar-refractivity contribution < 1.29 is 23.9 Å². The fraction of sp³-hybridized carbons (Fsp3) is 0.588. The van der Waals surface area contributed by atoms with Gasteiger partial charge in [-0.25, -0.2) is 0 Å². The van der Waals surface area contributed by atoms with Crippen LogP contribution in [0.2, 0.25) is 0 Å². The Balaban J connectivity index is 1.54. The number of ketones is 1. The zero-order valence-corrected chi connectivity index (χ0v) is 12.7. The Hall–Kier alpha value is -1.59. The monoisotopic (exact) mass is 304 g/mol. The van der Waals surface area contributed by atoms with Crippen molar-refractivity contribution in [3.8, 4) is 11.5 Å². The highest BCUT2D eigenvalue weighted by molar-refractivity contribution is 6.01. The topological polar surface area (TPSA) is 49.2 Å². The van der Waals surface area contributed by atoms with E-state index in [0.717, 1.165) is 68.3 Å². The third-order valence-electron chi connectivity index (χ3n) is 4.90. The number of rotatable bonds is 2. The van der Waals surface area contributed by atoms with Crippen LogP contribution in [0.1, 0.15) is 22.3 Å². The van der Waals surface area contributed by atoms with E-state index in [0.29, 0.717) is 13.2 Å². The molecular weight excluding hydrogens is 282 g/mol. The van der Waals surface area contributed by atoms with Gasteiger partial charge < -0.3 is 19.1 Å². The van der Waals surface area contributed by atoms with Gasteiger partial charge in [0.25, 0.3) is 0 Å². The summed E-state index contributed by atoms with van der Waals surface area (Å²) >= 11 is 0. The predicted molar refractivity (Wildman–Crippen MR) is 80.0 cm³/mol. The molecule has 1 unspecified atom stereocenters. The van der Waals surface area contributed by atoms with E-state index in [9.17, 15) is 4.79 Å². The summed E-state index contributed by atoms with van der Waals surface area (Å²) in [5.41, 5.74) is 1.95. The Morgan fingerprint density at radius 2 is 1.77 bits per heavy atom. The Morgan fingerprint density at radius 1 is 1.05 bits per heavy atom. The van der Waals surface area contributed by atoms with Gasteiger partial charge in [0.2, 0.25) is 0 Å². The first kappa shape index (κ1) is 14.0. The standard InChI is InChI=1S/C17H21NO4/c19-17-13(11-18-3-5-20-6-4-18)2-1-12-9-15-16(10-14(12)17)22-8-7-21-15/h9-10,13H,1-8,11H2/p+1. The second-order valence-electron chi connectivity index (χ2n) is 6.32. The molecule has 1 aromatic rings. The number of quaternary nitrogens is 1. The van der Waals surface area contributed by atoms with Gasteiger partial charge in [0.05, 0.1) is 25.7 Å². The lowest BCUT2D eigenvalue weighted by molar-refractivity contribution is -0.910. The highest BCUT2D eigenvalue weighted by Crippen LogP contribution is 2.37. The first-order valence-corrected chi connectivity index (χ1v) is 8.19. The molecule has 0 aromatic heterocycles. The van der Waals surface area contributed by atoms with Crippen molar-refractivity contribution in [2.45, 2.75) is 12.8 Å². The lowest BCUT2D eigenvalue weighted by Crippen LogP contribution is -3.14. The van der Waals surface area contributed by atoms with Crippen LogP contribution in [0.4, 0.5) is 0 Å². The second kappa shape index (κ2) is 5.89. The SMILES string of the molecule is O=C1c2cc3c(cc2CCC1C[NH+]1CCOCC1)OCCO3. The molecular formula is C17H22NO4+. The predicted octanol–water partition coefficient (Wildman–Crippen LogP) is 0.118. The van der Waals surface area contributed by atoms with Gasteiger partial charge in [-0.2, -0.15) is 0 Å². The van der Waals surface area contributed by atoms with E-state index in [1.165, 1.54) is 4.90 Å². The molecule has 2 aliphatic heterocycles. The Morgan fingerprint density at radius 3 is 2.55 bits per heavy atom. The van der Waals surface area contributed by atoms with Crippen LogP contribution in [-0.4, -0.2) is 51.8 Å². The molecule has 0 saturated carbocycles. The summed E-state index contributed by atoms with van der Waals surface area (Å²) in [6.07, 6.45) is 1.89. The quantitative estimate of drug-likeness (QED) is 0.843. The number of aryl methyl sites for hydroxylation is 1. The van der Waals surface area contributed by atoms with Gasteiger partial charge in [-0.3, -0.25) is 4.79 Å². The normalized spacial score (nSPS) is 24.9. The molecule has 22 heavy (non-hydrogen) atoms. The van der Waals surface area contributed by atoms with Crippen molar-refractivity contribution in [1.29, 1.82) is 0 Å². The van der Waals surface area contributed by atoms with E-state index < -0.39 is 0 Å². The van der Waals surface area contributed by atoms with Gasteiger partial charge in [0.15, 0.2) is 17.3 Å². The van der Waals surface area contributed by atoms with Crippen molar-refractivity contribution in [3.63, 3.8) is 0 Å². The molecule has 0 radical (unpaired) electrons. The lowest BCUT2D eigenvalue weighted by Gasteiger charge is -2.30. The number of fused-ring (bicyclic) bond motifs is 2. The number of nitrogens with one attached hydrogen (secondary N) is 1. The number of benzene rings is 1. The molecule has 1 aromatic carbocycles.